The summed E-state index contributed by atoms with van der Waals surface area (Å²) in [5.41, 5.74) is 2.63. The largest absolute Gasteiger partial charge is 0.478 e. The molecule has 1 N–H and O–H groups in total. The molecule has 0 radical (unpaired) electrons. The Morgan fingerprint density at radius 2 is 1.96 bits per heavy atom. The summed E-state index contributed by atoms with van der Waals surface area (Å²) in [6, 6.07) is 14.4. The van der Waals surface area contributed by atoms with Crippen molar-refractivity contribution < 1.29 is 14.6 Å². The van der Waals surface area contributed by atoms with Gasteiger partial charge in [0.15, 0.2) is 6.23 Å². The molecule has 0 aliphatic heterocycles. The molecule has 1 aromatic heterocycles. The maximum absolute atomic E-state index is 11.0. The first kappa shape index (κ1) is 15.8. The van der Waals surface area contributed by atoms with Crippen molar-refractivity contribution in [1.29, 1.82) is 0 Å². The number of nitrogens with zero attached hydrogens (tertiary/aromatic N) is 4. The van der Waals surface area contributed by atoms with Crippen LogP contribution in [0.15, 0.2) is 48.5 Å². The molecule has 3 rings (SSSR count). The van der Waals surface area contributed by atoms with Crippen LogP contribution in [0.2, 0.25) is 0 Å². The second-order valence-electron chi connectivity index (χ2n) is 5.27. The number of carbonyl (C=O) groups is 1. The minimum absolute atomic E-state index is 0.225. The third-order valence-electron chi connectivity index (χ3n) is 3.66. The van der Waals surface area contributed by atoms with Gasteiger partial charge in [-0.25, -0.2) is 4.79 Å². The Kier molecular flexibility index (Phi) is 4.35. The van der Waals surface area contributed by atoms with Crippen molar-refractivity contribution in [3.63, 3.8) is 0 Å². The minimum atomic E-state index is -0.968. The second-order valence-corrected chi connectivity index (χ2v) is 5.27. The average Bonchev–Trinajstić information content (AvgIpc) is 3.06. The van der Waals surface area contributed by atoms with Crippen molar-refractivity contribution in [1.82, 2.24) is 20.2 Å². The van der Waals surface area contributed by atoms with Crippen LogP contribution in [0.4, 0.5) is 0 Å². The smallest absolute Gasteiger partial charge is 0.335 e. The van der Waals surface area contributed by atoms with Crippen LogP contribution in [-0.4, -0.2) is 38.4 Å². The number of ether oxygens (including phenoxy) is 1. The van der Waals surface area contributed by atoms with Crippen LogP contribution >= 0.6 is 0 Å². The van der Waals surface area contributed by atoms with E-state index in [0.29, 0.717) is 5.82 Å². The minimum Gasteiger partial charge on any atom is -0.478 e. The van der Waals surface area contributed by atoms with Gasteiger partial charge in [-0.05, 0) is 35.9 Å². The highest BCUT2D eigenvalue weighted by Gasteiger charge is 2.18. The van der Waals surface area contributed by atoms with Gasteiger partial charge in [0.25, 0.3) is 0 Å². The van der Waals surface area contributed by atoms with Gasteiger partial charge in [0.05, 0.1) is 5.56 Å². The first-order valence-electron chi connectivity index (χ1n) is 7.31. The lowest BCUT2D eigenvalue weighted by Gasteiger charge is -2.13. The van der Waals surface area contributed by atoms with Crippen molar-refractivity contribution in [2.24, 2.45) is 0 Å². The van der Waals surface area contributed by atoms with E-state index in [1.165, 1.54) is 10.9 Å². The summed E-state index contributed by atoms with van der Waals surface area (Å²) >= 11 is 0. The molecule has 7 nitrogen and oxygen atoms in total. The van der Waals surface area contributed by atoms with Crippen molar-refractivity contribution in [3.8, 4) is 11.4 Å². The Hall–Kier alpha value is -3.06. The summed E-state index contributed by atoms with van der Waals surface area (Å²) < 4.78 is 5.47. The average molecular weight is 324 g/mol. The summed E-state index contributed by atoms with van der Waals surface area (Å²) in [6.07, 6.45) is -0.481. The molecule has 122 valence electrons. The Morgan fingerprint density at radius 3 is 2.58 bits per heavy atom. The molecule has 1 heterocycles. The number of aromatic nitrogens is 4. The number of carboxylic acids is 1. The number of tetrazole rings is 1. The molecular weight excluding hydrogens is 308 g/mol. The number of carboxylic acid groups (broad SMARTS) is 1. The fourth-order valence-electron chi connectivity index (χ4n) is 2.46. The van der Waals surface area contributed by atoms with Crippen LogP contribution in [-0.2, 0) is 4.74 Å². The van der Waals surface area contributed by atoms with Crippen LogP contribution < -0.4 is 0 Å². The first-order chi connectivity index (χ1) is 11.6. The molecule has 24 heavy (non-hydrogen) atoms. The van der Waals surface area contributed by atoms with E-state index in [-0.39, 0.29) is 5.56 Å². The van der Waals surface area contributed by atoms with Crippen molar-refractivity contribution in [2.45, 2.75) is 13.2 Å². The second kappa shape index (κ2) is 6.59. The van der Waals surface area contributed by atoms with Crippen LogP contribution in [0.25, 0.3) is 11.4 Å². The molecule has 1 unspecified atom stereocenters. The molecule has 0 amide bonds. The topological polar surface area (TPSA) is 90.1 Å². The number of methoxy groups -OCH3 is 1. The summed E-state index contributed by atoms with van der Waals surface area (Å²) in [5, 5.41) is 21.6. The Bertz CT molecular complexity index is 861. The lowest BCUT2D eigenvalue weighted by atomic mass is 10.0. The maximum atomic E-state index is 11.0. The SMILES string of the molecule is COC(c1ccccc1)n1nnc(-c2ccc(C(=O)O)cc2C)n1. The van der Waals surface area contributed by atoms with Gasteiger partial charge in [-0.1, -0.05) is 30.3 Å². The van der Waals surface area contributed by atoms with E-state index in [2.05, 4.69) is 15.4 Å². The molecule has 0 aliphatic rings. The summed E-state index contributed by atoms with van der Waals surface area (Å²) in [7, 11) is 1.58. The van der Waals surface area contributed by atoms with Gasteiger partial charge in [-0.2, -0.15) is 0 Å². The van der Waals surface area contributed by atoms with Crippen molar-refractivity contribution in [3.05, 3.63) is 65.2 Å². The van der Waals surface area contributed by atoms with Crippen LogP contribution in [0.5, 0.6) is 0 Å². The molecule has 1 atom stereocenters. The highest BCUT2D eigenvalue weighted by atomic mass is 16.5. The van der Waals surface area contributed by atoms with Crippen LogP contribution in [0, 0.1) is 6.92 Å². The fourth-order valence-corrected chi connectivity index (χ4v) is 2.46. The van der Waals surface area contributed by atoms with Crippen LogP contribution in [0.1, 0.15) is 27.7 Å². The number of benzene rings is 2. The molecule has 3 aromatic rings. The molecule has 0 bridgehead atoms. The van der Waals surface area contributed by atoms with Crippen molar-refractivity contribution in [2.75, 3.05) is 7.11 Å². The number of aryl methyl sites for hydroxylation is 1. The van der Waals surface area contributed by atoms with Crippen molar-refractivity contribution >= 4 is 5.97 Å². The number of rotatable bonds is 5. The molecule has 7 heteroatoms. The summed E-state index contributed by atoms with van der Waals surface area (Å²) in [4.78, 5) is 12.4. The normalized spacial score (nSPS) is 12.1. The Labute approximate surface area is 138 Å². The zero-order chi connectivity index (χ0) is 17.1. The van der Waals surface area contributed by atoms with Crippen LogP contribution in [0.3, 0.4) is 0 Å². The van der Waals surface area contributed by atoms with E-state index < -0.39 is 12.2 Å². The van der Waals surface area contributed by atoms with E-state index in [1.807, 2.05) is 37.3 Å². The lowest BCUT2D eigenvalue weighted by Crippen LogP contribution is -2.15. The lowest BCUT2D eigenvalue weighted by molar-refractivity contribution is 0.0548. The predicted octanol–water partition coefficient (Wildman–Crippen LogP) is 2.54. The standard InChI is InChI=1S/C17H16N4O3/c1-11-10-13(17(22)23)8-9-14(11)15-18-20-21(19-15)16(24-2)12-6-4-3-5-7-12/h3-10,16H,1-2H3,(H,22,23). The van der Waals surface area contributed by atoms with Gasteiger partial charge in [-0.3, -0.25) is 0 Å². The first-order valence-corrected chi connectivity index (χ1v) is 7.31. The predicted molar refractivity (Wildman–Crippen MR) is 86.5 cm³/mol. The number of hydrogen-bond acceptors (Lipinski definition) is 5. The molecule has 0 aliphatic carbocycles. The maximum Gasteiger partial charge on any atom is 0.335 e. The zero-order valence-electron chi connectivity index (χ0n) is 13.2. The Morgan fingerprint density at radius 1 is 1.21 bits per heavy atom. The number of hydrogen-bond donors (Lipinski definition) is 1. The van der Waals surface area contributed by atoms with Gasteiger partial charge in [0, 0.05) is 18.2 Å². The third kappa shape index (κ3) is 3.02. The molecule has 0 fully saturated rings. The monoisotopic (exact) mass is 324 g/mol. The molecule has 0 spiro atoms. The molecule has 0 saturated heterocycles. The molecule has 2 aromatic carbocycles. The van der Waals surface area contributed by atoms with Gasteiger partial charge >= 0.3 is 5.97 Å². The highest BCUT2D eigenvalue weighted by Crippen LogP contribution is 2.22. The van der Waals surface area contributed by atoms with E-state index in [9.17, 15) is 4.79 Å². The molecule has 0 saturated carbocycles. The van der Waals surface area contributed by atoms with Gasteiger partial charge in [-0.15, -0.1) is 15.0 Å². The van der Waals surface area contributed by atoms with E-state index in [4.69, 9.17) is 9.84 Å². The summed E-state index contributed by atoms with van der Waals surface area (Å²) in [6.45, 7) is 1.81. The van der Waals surface area contributed by atoms with E-state index >= 15 is 0 Å². The third-order valence-corrected chi connectivity index (χ3v) is 3.66. The quantitative estimate of drug-likeness (QED) is 0.775. The highest BCUT2D eigenvalue weighted by molar-refractivity contribution is 5.88. The van der Waals surface area contributed by atoms with Gasteiger partial charge in [0.2, 0.25) is 5.82 Å². The van der Waals surface area contributed by atoms with E-state index in [1.54, 1.807) is 19.2 Å². The summed E-state index contributed by atoms with van der Waals surface area (Å²) in [5.74, 6) is -0.549. The molecular formula is C17H16N4O3. The van der Waals surface area contributed by atoms with Gasteiger partial charge in [0.1, 0.15) is 0 Å². The number of aromatic carboxylic acids is 1. The fraction of sp³-hybridized carbons (Fsp3) is 0.176. The Balaban J connectivity index is 1.94. The van der Waals surface area contributed by atoms with Gasteiger partial charge < -0.3 is 9.84 Å². The van der Waals surface area contributed by atoms with E-state index in [0.717, 1.165) is 16.7 Å². The zero-order valence-corrected chi connectivity index (χ0v) is 13.2.